The number of rotatable bonds is 5. The van der Waals surface area contributed by atoms with Crippen molar-refractivity contribution in [3.8, 4) is 11.1 Å². The molecule has 26 heavy (non-hydrogen) atoms. The van der Waals surface area contributed by atoms with Crippen LogP contribution < -0.4 is 11.1 Å². The third kappa shape index (κ3) is 3.36. The minimum Gasteiger partial charge on any atom is -0.383 e. The molecule has 0 fully saturated rings. The van der Waals surface area contributed by atoms with Crippen molar-refractivity contribution in [1.82, 2.24) is 10.2 Å². The summed E-state index contributed by atoms with van der Waals surface area (Å²) in [6.45, 7) is 2.52. The molecule has 0 spiro atoms. The van der Waals surface area contributed by atoms with E-state index in [9.17, 15) is 13.2 Å². The zero-order valence-corrected chi connectivity index (χ0v) is 15.2. The highest BCUT2D eigenvalue weighted by molar-refractivity contribution is 7.90. The molecule has 0 radical (unpaired) electrons. The van der Waals surface area contributed by atoms with Crippen LogP contribution in [0.2, 0.25) is 0 Å². The van der Waals surface area contributed by atoms with E-state index in [1.165, 1.54) is 6.26 Å². The number of hydrogen-bond acceptors (Lipinski definition) is 6. The lowest BCUT2D eigenvalue weighted by Crippen LogP contribution is -2.17. The maximum Gasteiger partial charge on any atom is 0.271 e. The number of nitrogens with zero attached hydrogens (tertiary/aromatic N) is 2. The fourth-order valence-corrected chi connectivity index (χ4v) is 3.34. The zero-order chi connectivity index (χ0) is 18.9. The molecule has 0 bridgehead atoms. The number of fused-ring (bicyclic) bond motifs is 1. The first-order chi connectivity index (χ1) is 12.3. The summed E-state index contributed by atoms with van der Waals surface area (Å²) in [4.78, 5) is 11.8. The maximum atomic E-state index is 11.6. The van der Waals surface area contributed by atoms with Crippen LogP contribution in [-0.2, 0) is 9.84 Å². The van der Waals surface area contributed by atoms with Gasteiger partial charge in [-0.25, -0.2) is 8.42 Å². The summed E-state index contributed by atoms with van der Waals surface area (Å²) in [6, 6.07) is 12.2. The summed E-state index contributed by atoms with van der Waals surface area (Å²) in [6.07, 6.45) is 1.17. The third-order valence-electron chi connectivity index (χ3n) is 3.96. The standard InChI is InChI=1S/C18H18N4O3S/c1-3-20-16-14-9-6-12(10-15(14)21-22-17(16)18(19)23)11-4-7-13(8-5-11)26(2,24)25/h4-10H,3H2,1-2H3,(H2,19,23)(H,20,21). The zero-order valence-electron chi connectivity index (χ0n) is 14.4. The highest BCUT2D eigenvalue weighted by Crippen LogP contribution is 2.29. The van der Waals surface area contributed by atoms with Crippen molar-refractivity contribution < 1.29 is 13.2 Å². The van der Waals surface area contributed by atoms with Crippen molar-refractivity contribution in [2.75, 3.05) is 18.1 Å². The van der Waals surface area contributed by atoms with Gasteiger partial charge in [0.2, 0.25) is 0 Å². The molecule has 1 amide bonds. The Kier molecular flexibility index (Phi) is 4.60. The van der Waals surface area contributed by atoms with Gasteiger partial charge in [-0.2, -0.15) is 0 Å². The number of aromatic nitrogens is 2. The van der Waals surface area contributed by atoms with Crippen molar-refractivity contribution in [3.63, 3.8) is 0 Å². The lowest BCUT2D eigenvalue weighted by atomic mass is 10.0. The molecule has 0 aliphatic heterocycles. The molecular formula is C18H18N4O3S. The second-order valence-corrected chi connectivity index (χ2v) is 7.86. The van der Waals surface area contributed by atoms with Gasteiger partial charge in [0, 0.05) is 18.2 Å². The van der Waals surface area contributed by atoms with Gasteiger partial charge >= 0.3 is 0 Å². The van der Waals surface area contributed by atoms with Crippen LogP contribution in [0.25, 0.3) is 22.0 Å². The molecule has 0 aliphatic rings. The van der Waals surface area contributed by atoms with Gasteiger partial charge in [0.1, 0.15) is 0 Å². The minimum atomic E-state index is -3.24. The van der Waals surface area contributed by atoms with Crippen LogP contribution in [0.15, 0.2) is 47.4 Å². The Balaban J connectivity index is 2.10. The number of amides is 1. The Labute approximate surface area is 151 Å². The molecule has 0 saturated heterocycles. The lowest BCUT2D eigenvalue weighted by Gasteiger charge is -2.11. The molecule has 7 nitrogen and oxygen atoms in total. The Bertz CT molecular complexity index is 1090. The molecule has 3 N–H and O–H groups in total. The highest BCUT2D eigenvalue weighted by Gasteiger charge is 2.15. The Morgan fingerprint density at radius 1 is 1.08 bits per heavy atom. The van der Waals surface area contributed by atoms with E-state index in [0.717, 1.165) is 16.5 Å². The van der Waals surface area contributed by atoms with E-state index < -0.39 is 15.7 Å². The van der Waals surface area contributed by atoms with Crippen LogP contribution in [0.3, 0.4) is 0 Å². The molecule has 134 valence electrons. The summed E-state index contributed by atoms with van der Waals surface area (Å²) in [5, 5.41) is 11.9. The van der Waals surface area contributed by atoms with E-state index in [1.807, 2.05) is 25.1 Å². The van der Waals surface area contributed by atoms with Gasteiger partial charge in [-0.15, -0.1) is 10.2 Å². The number of sulfone groups is 1. The SMILES string of the molecule is CCNc1c(C(N)=O)nnc2cc(-c3ccc(S(C)(=O)=O)cc3)ccc12. The van der Waals surface area contributed by atoms with Crippen molar-refractivity contribution >= 4 is 32.3 Å². The fourth-order valence-electron chi connectivity index (χ4n) is 2.71. The minimum absolute atomic E-state index is 0.101. The maximum absolute atomic E-state index is 11.6. The van der Waals surface area contributed by atoms with E-state index in [2.05, 4.69) is 15.5 Å². The van der Waals surface area contributed by atoms with E-state index >= 15 is 0 Å². The number of primary amides is 1. The number of nitrogens with one attached hydrogen (secondary N) is 1. The second kappa shape index (κ2) is 6.72. The van der Waals surface area contributed by atoms with Gasteiger partial charge in [0.05, 0.1) is 16.1 Å². The third-order valence-corrected chi connectivity index (χ3v) is 5.09. The molecule has 1 aromatic heterocycles. The molecule has 1 heterocycles. The highest BCUT2D eigenvalue weighted by atomic mass is 32.2. The van der Waals surface area contributed by atoms with Gasteiger partial charge in [-0.1, -0.05) is 18.2 Å². The molecule has 0 saturated carbocycles. The number of carbonyl (C=O) groups excluding carboxylic acids is 1. The van der Waals surface area contributed by atoms with Crippen LogP contribution >= 0.6 is 0 Å². The number of hydrogen-bond donors (Lipinski definition) is 2. The Hall–Kier alpha value is -3.00. The Morgan fingerprint density at radius 2 is 1.73 bits per heavy atom. The van der Waals surface area contributed by atoms with Gasteiger partial charge < -0.3 is 11.1 Å². The summed E-state index contributed by atoms with van der Waals surface area (Å²) in [5.41, 5.74) is 8.36. The molecular weight excluding hydrogens is 352 g/mol. The van der Waals surface area contributed by atoms with Crippen LogP contribution in [0.4, 0.5) is 5.69 Å². The van der Waals surface area contributed by atoms with Crippen molar-refractivity contribution in [2.45, 2.75) is 11.8 Å². The summed E-state index contributed by atoms with van der Waals surface area (Å²) >= 11 is 0. The number of anilines is 1. The largest absolute Gasteiger partial charge is 0.383 e. The predicted molar refractivity (Wildman–Crippen MR) is 101 cm³/mol. The fraction of sp³-hybridized carbons (Fsp3) is 0.167. The first kappa shape index (κ1) is 17.8. The van der Waals surface area contributed by atoms with Gasteiger partial charge in [0.15, 0.2) is 15.5 Å². The average molecular weight is 370 g/mol. The number of nitrogens with two attached hydrogens (primary N) is 1. The van der Waals surface area contributed by atoms with Gasteiger partial charge in [0.25, 0.3) is 5.91 Å². The van der Waals surface area contributed by atoms with Gasteiger partial charge in [-0.3, -0.25) is 4.79 Å². The predicted octanol–water partition coefficient (Wildman–Crippen LogP) is 2.23. The summed E-state index contributed by atoms with van der Waals surface area (Å²) < 4.78 is 23.2. The van der Waals surface area contributed by atoms with E-state index in [-0.39, 0.29) is 10.6 Å². The Morgan fingerprint density at radius 3 is 2.31 bits per heavy atom. The van der Waals surface area contributed by atoms with Crippen LogP contribution in [0.5, 0.6) is 0 Å². The molecule has 0 unspecified atom stereocenters. The van der Waals surface area contributed by atoms with Crippen molar-refractivity contribution in [1.29, 1.82) is 0 Å². The van der Waals surface area contributed by atoms with Crippen LogP contribution in [-0.4, -0.2) is 37.3 Å². The molecule has 3 aromatic rings. The summed E-state index contributed by atoms with van der Waals surface area (Å²) in [7, 11) is -3.24. The normalized spacial score (nSPS) is 11.5. The number of benzene rings is 2. The molecule has 8 heteroatoms. The van der Waals surface area contributed by atoms with E-state index in [1.54, 1.807) is 24.3 Å². The molecule has 2 aromatic carbocycles. The van der Waals surface area contributed by atoms with Crippen LogP contribution in [0.1, 0.15) is 17.4 Å². The smallest absolute Gasteiger partial charge is 0.271 e. The molecule has 0 aliphatic carbocycles. The first-order valence-electron chi connectivity index (χ1n) is 7.96. The monoisotopic (exact) mass is 370 g/mol. The average Bonchev–Trinajstić information content (AvgIpc) is 2.61. The van der Waals surface area contributed by atoms with Crippen molar-refractivity contribution in [3.05, 3.63) is 48.2 Å². The van der Waals surface area contributed by atoms with E-state index in [4.69, 9.17) is 5.73 Å². The molecule has 3 rings (SSSR count). The van der Waals surface area contributed by atoms with Crippen LogP contribution in [0, 0.1) is 0 Å². The van der Waals surface area contributed by atoms with E-state index in [0.29, 0.717) is 17.7 Å². The van der Waals surface area contributed by atoms with Gasteiger partial charge in [-0.05, 0) is 42.3 Å². The lowest BCUT2D eigenvalue weighted by molar-refractivity contribution is 0.0995. The van der Waals surface area contributed by atoms with Crippen molar-refractivity contribution in [2.24, 2.45) is 5.73 Å². The second-order valence-electron chi connectivity index (χ2n) is 5.85. The summed E-state index contributed by atoms with van der Waals surface area (Å²) in [5.74, 6) is -0.643. The quantitative estimate of drug-likeness (QED) is 0.712. The number of carbonyl (C=O) groups is 1. The first-order valence-corrected chi connectivity index (χ1v) is 9.85. The topological polar surface area (TPSA) is 115 Å². The molecule has 0 atom stereocenters.